The van der Waals surface area contributed by atoms with Gasteiger partial charge in [0.1, 0.15) is 0 Å². The van der Waals surface area contributed by atoms with Gasteiger partial charge in [0.05, 0.1) is 5.54 Å². The van der Waals surface area contributed by atoms with Gasteiger partial charge in [-0.2, -0.15) is 0 Å². The minimum Gasteiger partial charge on any atom is -0.368 e. The fourth-order valence-electron chi connectivity index (χ4n) is 3.33. The monoisotopic (exact) mass is 297 g/mol. The van der Waals surface area contributed by atoms with Gasteiger partial charge in [-0.3, -0.25) is 4.79 Å². The Kier molecular flexibility index (Phi) is 8.27. The van der Waals surface area contributed by atoms with Crippen molar-refractivity contribution < 1.29 is 4.79 Å². The van der Waals surface area contributed by atoms with Crippen LogP contribution in [0.15, 0.2) is 0 Å². The first-order chi connectivity index (χ1) is 10.0. The van der Waals surface area contributed by atoms with E-state index in [1.54, 1.807) is 0 Å². The van der Waals surface area contributed by atoms with Crippen LogP contribution in [0, 0.1) is 0 Å². The topological polar surface area (TPSA) is 58.4 Å². The van der Waals surface area contributed by atoms with E-state index >= 15 is 0 Å². The molecule has 1 amide bonds. The van der Waals surface area contributed by atoms with Crippen molar-refractivity contribution in [3.05, 3.63) is 0 Å². The maximum absolute atomic E-state index is 11.7. The Morgan fingerprint density at radius 2 is 2.10 bits per heavy atom. The van der Waals surface area contributed by atoms with Crippen molar-refractivity contribution in [2.45, 2.75) is 83.7 Å². The average molecular weight is 297 g/mol. The predicted molar refractivity (Wildman–Crippen MR) is 89.2 cm³/mol. The smallest absolute Gasteiger partial charge is 0.237 e. The van der Waals surface area contributed by atoms with Gasteiger partial charge >= 0.3 is 0 Å². The summed E-state index contributed by atoms with van der Waals surface area (Å²) < 4.78 is 0. The first kappa shape index (κ1) is 18.4. The van der Waals surface area contributed by atoms with Crippen LogP contribution in [-0.2, 0) is 4.79 Å². The van der Waals surface area contributed by atoms with Crippen LogP contribution in [-0.4, -0.2) is 42.0 Å². The van der Waals surface area contributed by atoms with Crippen molar-refractivity contribution >= 4 is 5.91 Å². The molecule has 0 radical (unpaired) electrons. The number of carbonyl (C=O) groups excluding carboxylic acids is 1. The SMILES string of the molecule is CCCNC(C)(CCCN1CCCCCC1CC)C(N)=O. The molecule has 2 atom stereocenters. The molecule has 1 heterocycles. The van der Waals surface area contributed by atoms with E-state index in [2.05, 4.69) is 24.1 Å². The Hall–Kier alpha value is -0.610. The predicted octanol–water partition coefficient (Wildman–Crippen LogP) is 2.66. The highest BCUT2D eigenvalue weighted by Gasteiger charge is 2.30. The number of nitrogens with one attached hydrogen (secondary N) is 1. The lowest BCUT2D eigenvalue weighted by Gasteiger charge is -2.32. The van der Waals surface area contributed by atoms with E-state index in [9.17, 15) is 4.79 Å². The van der Waals surface area contributed by atoms with Crippen molar-refractivity contribution in [1.29, 1.82) is 0 Å². The molecule has 0 aromatic rings. The van der Waals surface area contributed by atoms with E-state index in [0.29, 0.717) is 0 Å². The van der Waals surface area contributed by atoms with Gasteiger partial charge in [0.2, 0.25) is 5.91 Å². The van der Waals surface area contributed by atoms with Crippen LogP contribution in [0.2, 0.25) is 0 Å². The molecule has 1 aliphatic heterocycles. The Morgan fingerprint density at radius 3 is 2.71 bits per heavy atom. The molecular weight excluding hydrogens is 262 g/mol. The molecule has 3 N–H and O–H groups in total. The van der Waals surface area contributed by atoms with Crippen molar-refractivity contribution in [3.63, 3.8) is 0 Å². The van der Waals surface area contributed by atoms with Gasteiger partial charge in [-0.15, -0.1) is 0 Å². The summed E-state index contributed by atoms with van der Waals surface area (Å²) in [4.78, 5) is 14.4. The Morgan fingerprint density at radius 1 is 1.33 bits per heavy atom. The Balaban J connectivity index is 2.46. The van der Waals surface area contributed by atoms with Gasteiger partial charge in [0.15, 0.2) is 0 Å². The molecular formula is C17H35N3O. The minimum absolute atomic E-state index is 0.223. The van der Waals surface area contributed by atoms with E-state index in [1.165, 1.54) is 38.6 Å². The van der Waals surface area contributed by atoms with E-state index in [1.807, 2.05) is 6.92 Å². The Bertz CT molecular complexity index is 308. The second kappa shape index (κ2) is 9.42. The summed E-state index contributed by atoms with van der Waals surface area (Å²) in [5, 5.41) is 3.33. The average Bonchev–Trinajstić information content (AvgIpc) is 2.70. The van der Waals surface area contributed by atoms with Crippen molar-refractivity contribution in [2.75, 3.05) is 19.6 Å². The summed E-state index contributed by atoms with van der Waals surface area (Å²) in [7, 11) is 0. The van der Waals surface area contributed by atoms with Crippen LogP contribution in [0.1, 0.15) is 72.1 Å². The quantitative estimate of drug-likeness (QED) is 0.688. The summed E-state index contributed by atoms with van der Waals surface area (Å²) in [6.45, 7) is 9.51. The van der Waals surface area contributed by atoms with Crippen molar-refractivity contribution in [3.8, 4) is 0 Å². The maximum Gasteiger partial charge on any atom is 0.237 e. The molecule has 0 aliphatic carbocycles. The van der Waals surface area contributed by atoms with Gasteiger partial charge in [0.25, 0.3) is 0 Å². The number of amides is 1. The zero-order chi connectivity index (χ0) is 15.7. The highest BCUT2D eigenvalue weighted by atomic mass is 16.1. The first-order valence-electron chi connectivity index (χ1n) is 8.82. The summed E-state index contributed by atoms with van der Waals surface area (Å²) in [5.41, 5.74) is 5.04. The number of carbonyl (C=O) groups is 1. The van der Waals surface area contributed by atoms with Crippen LogP contribution in [0.3, 0.4) is 0 Å². The summed E-state index contributed by atoms with van der Waals surface area (Å²) in [5.74, 6) is -0.223. The normalized spacial score (nSPS) is 23.5. The molecule has 1 fully saturated rings. The maximum atomic E-state index is 11.7. The van der Waals surface area contributed by atoms with Crippen LogP contribution in [0.5, 0.6) is 0 Å². The first-order valence-corrected chi connectivity index (χ1v) is 8.82. The lowest BCUT2D eigenvalue weighted by molar-refractivity contribution is -0.124. The standard InChI is InChI=1S/C17H35N3O/c1-4-12-19-17(3,16(18)21)11-9-14-20-13-8-6-7-10-15(20)5-2/h15,19H,4-14H2,1-3H3,(H2,18,21). The lowest BCUT2D eigenvalue weighted by Crippen LogP contribution is -2.53. The fraction of sp³-hybridized carbons (Fsp3) is 0.941. The zero-order valence-electron chi connectivity index (χ0n) is 14.3. The number of rotatable bonds is 9. The lowest BCUT2D eigenvalue weighted by atomic mass is 9.94. The summed E-state index contributed by atoms with van der Waals surface area (Å²) in [6.07, 6.45) is 9.50. The largest absolute Gasteiger partial charge is 0.368 e. The molecule has 0 saturated carbocycles. The van der Waals surface area contributed by atoms with E-state index in [0.717, 1.165) is 38.4 Å². The molecule has 4 heteroatoms. The molecule has 1 saturated heterocycles. The molecule has 4 nitrogen and oxygen atoms in total. The van der Waals surface area contributed by atoms with Gasteiger partial charge in [-0.1, -0.05) is 26.7 Å². The minimum atomic E-state index is -0.552. The number of nitrogens with zero attached hydrogens (tertiary/aromatic N) is 1. The molecule has 0 spiro atoms. The molecule has 0 aromatic heterocycles. The van der Waals surface area contributed by atoms with Crippen molar-refractivity contribution in [2.24, 2.45) is 5.73 Å². The fourth-order valence-corrected chi connectivity index (χ4v) is 3.33. The second-order valence-corrected chi connectivity index (χ2v) is 6.67. The molecule has 0 bridgehead atoms. The van der Waals surface area contributed by atoms with E-state index < -0.39 is 5.54 Å². The number of hydrogen-bond donors (Lipinski definition) is 2. The zero-order valence-corrected chi connectivity index (χ0v) is 14.3. The van der Waals surface area contributed by atoms with Crippen LogP contribution < -0.4 is 11.1 Å². The third kappa shape index (κ3) is 5.95. The highest BCUT2D eigenvalue weighted by Crippen LogP contribution is 2.21. The number of nitrogens with two attached hydrogens (primary N) is 1. The number of likely N-dealkylation sites (tertiary alicyclic amines) is 1. The molecule has 2 unspecified atom stereocenters. The van der Waals surface area contributed by atoms with Crippen molar-refractivity contribution in [1.82, 2.24) is 10.2 Å². The summed E-state index contributed by atoms with van der Waals surface area (Å²) in [6, 6.07) is 0.732. The van der Waals surface area contributed by atoms with Gasteiger partial charge in [-0.05, 0) is 65.1 Å². The Labute approximate surface area is 130 Å². The third-order valence-corrected chi connectivity index (χ3v) is 4.90. The summed E-state index contributed by atoms with van der Waals surface area (Å²) >= 11 is 0. The van der Waals surface area contributed by atoms with E-state index in [4.69, 9.17) is 5.73 Å². The van der Waals surface area contributed by atoms with Crippen LogP contribution >= 0.6 is 0 Å². The number of hydrogen-bond acceptors (Lipinski definition) is 3. The van der Waals surface area contributed by atoms with E-state index in [-0.39, 0.29) is 5.91 Å². The molecule has 0 aromatic carbocycles. The number of primary amides is 1. The highest BCUT2D eigenvalue weighted by molar-refractivity contribution is 5.84. The van der Waals surface area contributed by atoms with Gasteiger partial charge in [0, 0.05) is 6.04 Å². The second-order valence-electron chi connectivity index (χ2n) is 6.67. The van der Waals surface area contributed by atoms with Crippen LogP contribution in [0.4, 0.5) is 0 Å². The molecule has 21 heavy (non-hydrogen) atoms. The van der Waals surface area contributed by atoms with Gasteiger partial charge in [-0.25, -0.2) is 0 Å². The van der Waals surface area contributed by atoms with Gasteiger partial charge < -0.3 is 16.0 Å². The molecule has 1 rings (SSSR count). The molecule has 1 aliphatic rings. The third-order valence-electron chi connectivity index (χ3n) is 4.90. The molecule has 124 valence electrons. The van der Waals surface area contributed by atoms with Crippen LogP contribution in [0.25, 0.3) is 0 Å².